The van der Waals surface area contributed by atoms with Gasteiger partial charge < -0.3 is 5.32 Å². The van der Waals surface area contributed by atoms with E-state index in [0.717, 1.165) is 44.6 Å². The second kappa shape index (κ2) is 6.84. The van der Waals surface area contributed by atoms with E-state index in [1.807, 2.05) is 12.1 Å². The third-order valence-corrected chi connectivity index (χ3v) is 6.40. The molecule has 0 radical (unpaired) electrons. The zero-order valence-electron chi connectivity index (χ0n) is 13.0. The molecule has 2 fully saturated rings. The summed E-state index contributed by atoms with van der Waals surface area (Å²) in [5.41, 5.74) is 1.18. The second-order valence-corrected chi connectivity index (χ2v) is 8.46. The lowest BCUT2D eigenvalue weighted by Crippen LogP contribution is -2.25. The molecule has 5 nitrogen and oxygen atoms in total. The third-order valence-electron chi connectivity index (χ3n) is 4.57. The maximum absolute atomic E-state index is 12.0. The average molecular weight is 346 g/mol. The lowest BCUT2D eigenvalue weighted by Gasteiger charge is -2.17. The highest BCUT2D eigenvalue weighted by Crippen LogP contribution is 2.27. The molecule has 1 aromatic rings. The monoisotopic (exact) mass is 345 g/mol. The van der Waals surface area contributed by atoms with Crippen LogP contribution in [0, 0.1) is 11.8 Å². The van der Waals surface area contributed by atoms with E-state index in [9.17, 15) is 8.42 Å². The Morgan fingerprint density at radius 2 is 1.68 bits per heavy atom. The highest BCUT2D eigenvalue weighted by molar-refractivity contribution is 7.89. The molecule has 2 aliphatic rings. The molecule has 0 bridgehead atoms. The molecule has 1 aromatic carbocycles. The van der Waals surface area contributed by atoms with Gasteiger partial charge in [0.05, 0.1) is 4.90 Å². The van der Waals surface area contributed by atoms with E-state index in [1.165, 1.54) is 9.87 Å². The number of sulfonamides is 1. The van der Waals surface area contributed by atoms with Gasteiger partial charge in [0.25, 0.3) is 0 Å². The maximum Gasteiger partial charge on any atom is 0.242 e. The van der Waals surface area contributed by atoms with Gasteiger partial charge in [-0.3, -0.25) is 4.90 Å². The molecule has 0 amide bonds. The van der Waals surface area contributed by atoms with Crippen molar-refractivity contribution in [2.45, 2.75) is 11.4 Å². The van der Waals surface area contributed by atoms with E-state index in [0.29, 0.717) is 4.90 Å². The first-order valence-corrected chi connectivity index (χ1v) is 8.85. The maximum atomic E-state index is 12.0. The van der Waals surface area contributed by atoms with Crippen LogP contribution in [0.2, 0.25) is 0 Å². The molecule has 2 heterocycles. The van der Waals surface area contributed by atoms with Crippen molar-refractivity contribution in [3.63, 3.8) is 0 Å². The first-order chi connectivity index (χ1) is 9.96. The van der Waals surface area contributed by atoms with Crippen LogP contribution in [0.4, 0.5) is 0 Å². The summed E-state index contributed by atoms with van der Waals surface area (Å²) >= 11 is 0. The number of nitrogens with one attached hydrogen (secondary N) is 1. The van der Waals surface area contributed by atoms with Gasteiger partial charge in [0.2, 0.25) is 10.0 Å². The predicted molar refractivity (Wildman–Crippen MR) is 89.7 cm³/mol. The molecule has 7 heteroatoms. The zero-order valence-corrected chi connectivity index (χ0v) is 14.7. The second-order valence-electron chi connectivity index (χ2n) is 6.30. The van der Waals surface area contributed by atoms with Crippen molar-refractivity contribution in [2.75, 3.05) is 40.3 Å². The summed E-state index contributed by atoms with van der Waals surface area (Å²) < 4.78 is 25.3. The summed E-state index contributed by atoms with van der Waals surface area (Å²) in [4.78, 5) is 2.84. The largest absolute Gasteiger partial charge is 0.316 e. The fraction of sp³-hybridized carbons (Fsp3) is 0.600. The smallest absolute Gasteiger partial charge is 0.242 e. The number of benzene rings is 1. The molecule has 1 N–H and O–H groups in total. The van der Waals surface area contributed by atoms with Gasteiger partial charge in [-0.2, -0.15) is 0 Å². The van der Waals surface area contributed by atoms with Crippen molar-refractivity contribution < 1.29 is 8.42 Å². The van der Waals surface area contributed by atoms with Crippen LogP contribution in [0.1, 0.15) is 5.56 Å². The van der Waals surface area contributed by atoms with Crippen molar-refractivity contribution in [1.29, 1.82) is 0 Å². The van der Waals surface area contributed by atoms with Crippen LogP contribution in [0.15, 0.2) is 29.2 Å². The molecule has 124 valence electrons. The van der Waals surface area contributed by atoms with Crippen molar-refractivity contribution in [3.8, 4) is 0 Å². The number of hydrogen-bond donors (Lipinski definition) is 1. The van der Waals surface area contributed by atoms with Gasteiger partial charge in [0, 0.05) is 33.7 Å². The zero-order chi connectivity index (χ0) is 15.0. The number of fused-ring (bicyclic) bond motifs is 1. The number of nitrogens with zero attached hydrogens (tertiary/aromatic N) is 2. The fourth-order valence-electron chi connectivity index (χ4n) is 3.32. The summed E-state index contributed by atoms with van der Waals surface area (Å²) in [7, 11) is -0.210. The lowest BCUT2D eigenvalue weighted by molar-refractivity contribution is 0.305. The molecule has 2 atom stereocenters. The molecule has 2 aliphatic heterocycles. The summed E-state index contributed by atoms with van der Waals surface area (Å²) in [6.07, 6.45) is 0. The highest BCUT2D eigenvalue weighted by Gasteiger charge is 2.35. The van der Waals surface area contributed by atoms with Gasteiger partial charge in [-0.25, -0.2) is 12.7 Å². The Bertz CT molecular complexity index is 592. The third kappa shape index (κ3) is 3.46. The Hall–Kier alpha value is -0.660. The highest BCUT2D eigenvalue weighted by atomic mass is 35.5. The Morgan fingerprint density at radius 3 is 2.18 bits per heavy atom. The van der Waals surface area contributed by atoms with E-state index in [4.69, 9.17) is 0 Å². The first kappa shape index (κ1) is 17.7. The molecule has 0 spiro atoms. The number of rotatable bonds is 4. The van der Waals surface area contributed by atoms with Gasteiger partial charge >= 0.3 is 0 Å². The molecule has 3 rings (SSSR count). The molecular formula is C15H24ClN3O2S. The van der Waals surface area contributed by atoms with Crippen LogP contribution < -0.4 is 5.32 Å². The average Bonchev–Trinajstić information content (AvgIpc) is 3.00. The Kier molecular flexibility index (Phi) is 5.50. The summed E-state index contributed by atoms with van der Waals surface area (Å²) in [5, 5.41) is 3.45. The molecule has 2 saturated heterocycles. The number of likely N-dealkylation sites (tertiary alicyclic amines) is 1. The van der Waals surface area contributed by atoms with Crippen LogP contribution in [0.25, 0.3) is 0 Å². The number of halogens is 1. The van der Waals surface area contributed by atoms with Gasteiger partial charge in [-0.1, -0.05) is 12.1 Å². The summed E-state index contributed by atoms with van der Waals surface area (Å²) in [6.45, 7) is 5.49. The SMILES string of the molecule is CN(C)S(=O)(=O)c1ccc(CN2C[C@H]3CNC[C@H]3C2)cc1.Cl. The van der Waals surface area contributed by atoms with Gasteiger partial charge in [0.15, 0.2) is 0 Å². The predicted octanol–water partition coefficient (Wildman–Crippen LogP) is 1.01. The Balaban J connectivity index is 0.00000176. The van der Waals surface area contributed by atoms with E-state index in [2.05, 4.69) is 10.2 Å². The van der Waals surface area contributed by atoms with Crippen LogP contribution in [0.3, 0.4) is 0 Å². The molecule has 0 unspecified atom stereocenters. The molecule has 22 heavy (non-hydrogen) atoms. The Labute approximate surface area is 139 Å². The Morgan fingerprint density at radius 1 is 1.14 bits per heavy atom. The molecule has 0 saturated carbocycles. The van der Waals surface area contributed by atoms with Crippen molar-refractivity contribution in [3.05, 3.63) is 29.8 Å². The van der Waals surface area contributed by atoms with Crippen LogP contribution in [-0.2, 0) is 16.6 Å². The van der Waals surface area contributed by atoms with Gasteiger partial charge in [0.1, 0.15) is 0 Å². The minimum absolute atomic E-state index is 0. The first-order valence-electron chi connectivity index (χ1n) is 7.41. The van der Waals surface area contributed by atoms with Crippen molar-refractivity contribution >= 4 is 22.4 Å². The van der Waals surface area contributed by atoms with E-state index >= 15 is 0 Å². The van der Waals surface area contributed by atoms with Crippen molar-refractivity contribution in [1.82, 2.24) is 14.5 Å². The van der Waals surface area contributed by atoms with E-state index < -0.39 is 10.0 Å². The fourth-order valence-corrected chi connectivity index (χ4v) is 4.22. The minimum Gasteiger partial charge on any atom is -0.316 e. The van der Waals surface area contributed by atoms with Crippen LogP contribution >= 0.6 is 12.4 Å². The topological polar surface area (TPSA) is 52.7 Å². The van der Waals surface area contributed by atoms with E-state index in [1.54, 1.807) is 26.2 Å². The normalized spacial score (nSPS) is 25.2. The van der Waals surface area contributed by atoms with Gasteiger partial charge in [-0.15, -0.1) is 12.4 Å². The summed E-state index contributed by atoms with van der Waals surface area (Å²) in [5.74, 6) is 1.58. The van der Waals surface area contributed by atoms with Gasteiger partial charge in [-0.05, 0) is 42.6 Å². The lowest BCUT2D eigenvalue weighted by atomic mass is 10.0. The molecule has 0 aliphatic carbocycles. The quantitative estimate of drug-likeness (QED) is 0.885. The standard InChI is InChI=1S/C15H23N3O2S.ClH/c1-17(2)21(19,20)15-5-3-12(4-6-15)9-18-10-13-7-16-8-14(13)11-18;/h3-6,13-14,16H,7-11H2,1-2H3;1H/t13-,14+;. The summed E-state index contributed by atoms with van der Waals surface area (Å²) in [6, 6.07) is 7.29. The van der Waals surface area contributed by atoms with Crippen LogP contribution in [-0.4, -0.2) is 57.9 Å². The minimum atomic E-state index is -3.32. The van der Waals surface area contributed by atoms with Crippen molar-refractivity contribution in [2.24, 2.45) is 11.8 Å². The van der Waals surface area contributed by atoms with Crippen LogP contribution in [0.5, 0.6) is 0 Å². The molecular weight excluding hydrogens is 322 g/mol. The van der Waals surface area contributed by atoms with E-state index in [-0.39, 0.29) is 12.4 Å². The number of hydrogen-bond acceptors (Lipinski definition) is 4. The molecule has 0 aromatic heterocycles.